The number of nitrogens with one attached hydrogen (secondary N) is 2. The average molecular weight is 430 g/mol. The summed E-state index contributed by atoms with van der Waals surface area (Å²) >= 11 is 12.2. The second-order valence-corrected chi connectivity index (χ2v) is 8.07. The second-order valence-electron chi connectivity index (χ2n) is 7.26. The van der Waals surface area contributed by atoms with Gasteiger partial charge in [-0.1, -0.05) is 29.3 Å². The maximum absolute atomic E-state index is 12.3. The number of anilines is 1. The van der Waals surface area contributed by atoms with E-state index in [-0.39, 0.29) is 30.4 Å². The molecule has 0 spiro atoms. The summed E-state index contributed by atoms with van der Waals surface area (Å²) in [7, 11) is 0. The monoisotopic (exact) mass is 429 g/mol. The molecule has 156 valence electrons. The molecule has 0 saturated carbocycles. The number of hydrogen-bond donors (Lipinski definition) is 2. The zero-order valence-electron chi connectivity index (χ0n) is 16.5. The van der Waals surface area contributed by atoms with Crippen molar-refractivity contribution in [1.29, 1.82) is 0 Å². The topological polar surface area (TPSA) is 70.7 Å². The Hall–Kier alpha value is -1.34. The lowest BCUT2D eigenvalue weighted by molar-refractivity contribution is -0.126. The Morgan fingerprint density at radius 2 is 1.86 bits per heavy atom. The first-order chi connectivity index (χ1) is 13.4. The molecule has 0 aromatic heterocycles. The molecule has 2 amide bonds. The van der Waals surface area contributed by atoms with Gasteiger partial charge in [-0.15, -0.1) is 0 Å². The molecule has 28 heavy (non-hydrogen) atoms. The quantitative estimate of drug-likeness (QED) is 0.588. The van der Waals surface area contributed by atoms with Gasteiger partial charge in [0.05, 0.1) is 28.4 Å². The maximum Gasteiger partial charge on any atom is 0.238 e. The van der Waals surface area contributed by atoms with Gasteiger partial charge in [0.1, 0.15) is 0 Å². The van der Waals surface area contributed by atoms with Gasteiger partial charge in [-0.25, -0.2) is 0 Å². The highest BCUT2D eigenvalue weighted by molar-refractivity contribution is 6.39. The lowest BCUT2D eigenvalue weighted by Gasteiger charge is -2.30. The minimum absolute atomic E-state index is 0.00309. The van der Waals surface area contributed by atoms with E-state index in [1.54, 1.807) is 18.2 Å². The van der Waals surface area contributed by atoms with Crippen molar-refractivity contribution < 1.29 is 14.3 Å². The van der Waals surface area contributed by atoms with Gasteiger partial charge in [0, 0.05) is 19.1 Å². The van der Waals surface area contributed by atoms with E-state index in [1.807, 2.05) is 18.7 Å². The Morgan fingerprint density at radius 3 is 2.46 bits per heavy atom. The first kappa shape index (κ1) is 22.9. The summed E-state index contributed by atoms with van der Waals surface area (Å²) in [5.74, 6) is -0.0668. The number of ether oxygens (including phenoxy) is 1. The van der Waals surface area contributed by atoms with Gasteiger partial charge in [-0.3, -0.25) is 14.5 Å². The predicted molar refractivity (Wildman–Crippen MR) is 113 cm³/mol. The standard InChI is InChI=1S/C20H29Cl2N3O3/c1-14(2)28-12-4-9-23-20(27)15-7-10-25(11-8-15)13-18(26)24-19-16(21)5-3-6-17(19)22/h3,5-6,14-15H,4,7-13H2,1-2H3,(H,23,27)(H,24,26). The molecule has 2 rings (SSSR count). The fourth-order valence-electron chi connectivity index (χ4n) is 3.10. The van der Waals surface area contributed by atoms with Crippen LogP contribution in [0.2, 0.25) is 10.0 Å². The molecule has 0 atom stereocenters. The first-order valence-corrected chi connectivity index (χ1v) is 10.5. The fourth-order valence-corrected chi connectivity index (χ4v) is 3.59. The zero-order valence-corrected chi connectivity index (χ0v) is 18.0. The van der Waals surface area contributed by atoms with Crippen molar-refractivity contribution in [1.82, 2.24) is 10.2 Å². The minimum atomic E-state index is -0.164. The maximum atomic E-state index is 12.3. The van der Waals surface area contributed by atoms with Crippen LogP contribution >= 0.6 is 23.2 Å². The highest BCUT2D eigenvalue weighted by Gasteiger charge is 2.25. The van der Waals surface area contributed by atoms with E-state index in [4.69, 9.17) is 27.9 Å². The van der Waals surface area contributed by atoms with Crippen molar-refractivity contribution in [3.05, 3.63) is 28.2 Å². The number of para-hydroxylation sites is 1. The molecule has 8 heteroatoms. The Balaban J connectivity index is 1.67. The first-order valence-electron chi connectivity index (χ1n) is 9.72. The highest BCUT2D eigenvalue weighted by atomic mass is 35.5. The smallest absolute Gasteiger partial charge is 0.238 e. The van der Waals surface area contributed by atoms with Crippen LogP contribution in [-0.2, 0) is 14.3 Å². The SMILES string of the molecule is CC(C)OCCCNC(=O)C1CCN(CC(=O)Nc2c(Cl)cccc2Cl)CC1. The molecule has 2 N–H and O–H groups in total. The highest BCUT2D eigenvalue weighted by Crippen LogP contribution is 2.29. The molecular formula is C20H29Cl2N3O3. The number of amides is 2. The van der Waals surface area contributed by atoms with E-state index in [0.29, 0.717) is 42.0 Å². The van der Waals surface area contributed by atoms with Crippen LogP contribution in [0, 0.1) is 5.92 Å². The molecule has 0 unspecified atom stereocenters. The molecular weight excluding hydrogens is 401 g/mol. The number of rotatable bonds is 9. The van der Waals surface area contributed by atoms with Gasteiger partial charge in [0.15, 0.2) is 0 Å². The van der Waals surface area contributed by atoms with Crippen molar-refractivity contribution >= 4 is 40.7 Å². The molecule has 0 aliphatic carbocycles. The van der Waals surface area contributed by atoms with Crippen molar-refractivity contribution in [2.75, 3.05) is 38.1 Å². The van der Waals surface area contributed by atoms with Gasteiger partial charge in [0.25, 0.3) is 0 Å². The van der Waals surface area contributed by atoms with Crippen LogP contribution in [-0.4, -0.2) is 55.6 Å². The number of halogens is 2. The number of piperidine rings is 1. The number of hydrogen-bond acceptors (Lipinski definition) is 4. The molecule has 1 saturated heterocycles. The Labute approximate surface area is 176 Å². The lowest BCUT2D eigenvalue weighted by Crippen LogP contribution is -2.43. The van der Waals surface area contributed by atoms with Gasteiger partial charge < -0.3 is 15.4 Å². The van der Waals surface area contributed by atoms with Crippen molar-refractivity contribution in [3.63, 3.8) is 0 Å². The van der Waals surface area contributed by atoms with Crippen LogP contribution in [0.1, 0.15) is 33.1 Å². The van der Waals surface area contributed by atoms with Crippen LogP contribution in [0.3, 0.4) is 0 Å². The van der Waals surface area contributed by atoms with E-state index in [9.17, 15) is 9.59 Å². The van der Waals surface area contributed by atoms with E-state index in [2.05, 4.69) is 10.6 Å². The summed E-state index contributed by atoms with van der Waals surface area (Å²) in [5, 5.41) is 6.58. The number of likely N-dealkylation sites (tertiary alicyclic amines) is 1. The van der Waals surface area contributed by atoms with Gasteiger partial charge in [0.2, 0.25) is 11.8 Å². The van der Waals surface area contributed by atoms with Gasteiger partial charge in [-0.2, -0.15) is 0 Å². The van der Waals surface area contributed by atoms with E-state index < -0.39 is 0 Å². The summed E-state index contributed by atoms with van der Waals surface area (Å²) in [5.41, 5.74) is 0.437. The minimum Gasteiger partial charge on any atom is -0.379 e. The van der Waals surface area contributed by atoms with E-state index >= 15 is 0 Å². The normalized spacial score (nSPS) is 15.6. The lowest BCUT2D eigenvalue weighted by atomic mass is 9.96. The number of benzene rings is 1. The molecule has 1 aromatic carbocycles. The molecule has 0 bridgehead atoms. The Morgan fingerprint density at radius 1 is 1.21 bits per heavy atom. The average Bonchev–Trinajstić information content (AvgIpc) is 2.65. The third-order valence-corrected chi connectivity index (χ3v) is 5.25. The van der Waals surface area contributed by atoms with Gasteiger partial charge in [-0.05, 0) is 58.3 Å². The molecule has 1 heterocycles. The fraction of sp³-hybridized carbons (Fsp3) is 0.600. The Kier molecular flexibility index (Phi) is 9.51. The number of carbonyl (C=O) groups is 2. The van der Waals surface area contributed by atoms with Crippen molar-refractivity contribution in [2.24, 2.45) is 5.92 Å². The van der Waals surface area contributed by atoms with Gasteiger partial charge >= 0.3 is 0 Å². The molecule has 6 nitrogen and oxygen atoms in total. The third kappa shape index (κ3) is 7.59. The predicted octanol–water partition coefficient (Wildman–Crippen LogP) is 3.58. The molecule has 1 aliphatic heterocycles. The van der Waals surface area contributed by atoms with Crippen LogP contribution in [0.4, 0.5) is 5.69 Å². The number of nitrogens with zero attached hydrogens (tertiary/aromatic N) is 1. The van der Waals surface area contributed by atoms with Crippen LogP contribution in [0.15, 0.2) is 18.2 Å². The summed E-state index contributed by atoms with van der Waals surface area (Å²) in [6, 6.07) is 5.09. The summed E-state index contributed by atoms with van der Waals surface area (Å²) in [4.78, 5) is 26.6. The molecule has 0 radical (unpaired) electrons. The van der Waals surface area contributed by atoms with E-state index in [0.717, 1.165) is 19.3 Å². The second kappa shape index (κ2) is 11.6. The van der Waals surface area contributed by atoms with Crippen LogP contribution in [0.5, 0.6) is 0 Å². The summed E-state index contributed by atoms with van der Waals surface area (Å²) < 4.78 is 5.47. The largest absolute Gasteiger partial charge is 0.379 e. The van der Waals surface area contributed by atoms with Crippen molar-refractivity contribution in [3.8, 4) is 0 Å². The molecule has 1 aliphatic rings. The summed E-state index contributed by atoms with van der Waals surface area (Å²) in [6.45, 7) is 6.94. The van der Waals surface area contributed by atoms with Crippen LogP contribution in [0.25, 0.3) is 0 Å². The summed E-state index contributed by atoms with van der Waals surface area (Å²) in [6.07, 6.45) is 2.52. The van der Waals surface area contributed by atoms with Crippen molar-refractivity contribution in [2.45, 2.75) is 39.2 Å². The van der Waals surface area contributed by atoms with E-state index in [1.165, 1.54) is 0 Å². The molecule has 1 fully saturated rings. The van der Waals surface area contributed by atoms with Crippen LogP contribution < -0.4 is 10.6 Å². The number of carbonyl (C=O) groups excluding carboxylic acids is 2. The zero-order chi connectivity index (χ0) is 20.5. The molecule has 1 aromatic rings. The third-order valence-electron chi connectivity index (χ3n) is 4.62. The Bertz CT molecular complexity index is 642.